The van der Waals surface area contributed by atoms with E-state index in [9.17, 15) is 15.0 Å². The van der Waals surface area contributed by atoms with Crippen LogP contribution in [-0.2, 0) is 11.2 Å². The number of benzene rings is 2. The molecule has 0 saturated carbocycles. The molecule has 0 radical (unpaired) electrons. The minimum Gasteiger partial charge on any atom is -0.508 e. The maximum absolute atomic E-state index is 11.7. The van der Waals surface area contributed by atoms with Crippen molar-refractivity contribution in [1.82, 2.24) is 5.43 Å². The van der Waals surface area contributed by atoms with Gasteiger partial charge in [0.2, 0.25) is 0 Å². The molecule has 0 bridgehead atoms. The van der Waals surface area contributed by atoms with Crippen molar-refractivity contribution in [3.63, 3.8) is 0 Å². The summed E-state index contributed by atoms with van der Waals surface area (Å²) in [5, 5.41) is 22.5. The van der Waals surface area contributed by atoms with Crippen molar-refractivity contribution < 1.29 is 19.7 Å². The number of amides is 1. The summed E-state index contributed by atoms with van der Waals surface area (Å²) < 4.78 is 5.40. The normalized spacial score (nSPS) is 10.8. The van der Waals surface area contributed by atoms with Crippen molar-refractivity contribution in [2.45, 2.75) is 26.2 Å². The summed E-state index contributed by atoms with van der Waals surface area (Å²) in [6.07, 6.45) is 4.63. The maximum atomic E-state index is 11.7. The lowest BCUT2D eigenvalue weighted by molar-refractivity contribution is -0.123. The molecule has 0 aliphatic heterocycles. The predicted molar refractivity (Wildman–Crippen MR) is 96.1 cm³/mol. The molecular formula is C19H22N2O4. The number of carbonyl (C=O) groups is 1. The van der Waals surface area contributed by atoms with Crippen LogP contribution in [-0.4, -0.2) is 28.9 Å². The van der Waals surface area contributed by atoms with Gasteiger partial charge < -0.3 is 14.9 Å². The Morgan fingerprint density at radius 1 is 1.20 bits per heavy atom. The molecule has 1 amide bonds. The quantitative estimate of drug-likeness (QED) is 0.508. The summed E-state index contributed by atoms with van der Waals surface area (Å²) in [4.78, 5) is 11.7. The average Bonchev–Trinajstić information content (AvgIpc) is 2.61. The van der Waals surface area contributed by atoms with Crippen LogP contribution in [0.4, 0.5) is 0 Å². The largest absolute Gasteiger partial charge is 0.508 e. The lowest BCUT2D eigenvalue weighted by atomic mass is 10.1. The van der Waals surface area contributed by atoms with Gasteiger partial charge >= 0.3 is 0 Å². The third-order valence-electron chi connectivity index (χ3n) is 3.52. The molecule has 0 heterocycles. The van der Waals surface area contributed by atoms with Gasteiger partial charge in [0.1, 0.15) is 17.2 Å². The van der Waals surface area contributed by atoms with E-state index in [-0.39, 0.29) is 18.1 Å². The highest BCUT2D eigenvalue weighted by Gasteiger charge is 2.03. The highest BCUT2D eigenvalue weighted by molar-refractivity contribution is 5.85. The summed E-state index contributed by atoms with van der Waals surface area (Å²) >= 11 is 0. The fourth-order valence-electron chi connectivity index (χ4n) is 2.13. The first-order valence-electron chi connectivity index (χ1n) is 8.14. The Morgan fingerprint density at radius 3 is 2.64 bits per heavy atom. The molecule has 0 fully saturated rings. The number of phenolic OH excluding ortho intramolecular Hbond substituents is 2. The third kappa shape index (κ3) is 6.18. The molecule has 0 unspecified atom stereocenters. The summed E-state index contributed by atoms with van der Waals surface area (Å²) in [5.41, 5.74) is 3.94. The SMILES string of the molecule is CCCCc1ccc(OCC(=O)NN=Cc2ccc(O)cc2O)cc1. The Labute approximate surface area is 146 Å². The van der Waals surface area contributed by atoms with Crippen LogP contribution in [0, 0.1) is 0 Å². The monoisotopic (exact) mass is 342 g/mol. The number of hydrogen-bond acceptors (Lipinski definition) is 5. The second-order valence-electron chi connectivity index (χ2n) is 5.57. The fraction of sp³-hybridized carbons (Fsp3) is 0.263. The van der Waals surface area contributed by atoms with Crippen LogP contribution in [0.25, 0.3) is 0 Å². The molecule has 132 valence electrons. The topological polar surface area (TPSA) is 91.2 Å². The summed E-state index contributed by atoms with van der Waals surface area (Å²) in [6.45, 7) is 1.99. The van der Waals surface area contributed by atoms with E-state index in [4.69, 9.17) is 4.74 Å². The van der Waals surface area contributed by atoms with Crippen LogP contribution < -0.4 is 10.2 Å². The number of ether oxygens (including phenoxy) is 1. The van der Waals surface area contributed by atoms with E-state index < -0.39 is 5.91 Å². The maximum Gasteiger partial charge on any atom is 0.277 e. The van der Waals surface area contributed by atoms with Gasteiger partial charge in [-0.3, -0.25) is 4.79 Å². The Bertz CT molecular complexity index is 727. The number of hydrazone groups is 1. The highest BCUT2D eigenvalue weighted by Crippen LogP contribution is 2.20. The van der Waals surface area contributed by atoms with Gasteiger partial charge in [0.15, 0.2) is 6.61 Å². The molecule has 2 aromatic rings. The van der Waals surface area contributed by atoms with Crippen LogP contribution in [0.1, 0.15) is 30.9 Å². The zero-order valence-corrected chi connectivity index (χ0v) is 14.1. The van der Waals surface area contributed by atoms with E-state index >= 15 is 0 Å². The first kappa shape index (κ1) is 18.3. The molecule has 3 N–H and O–H groups in total. The molecule has 0 aromatic heterocycles. The summed E-state index contributed by atoms with van der Waals surface area (Å²) in [6, 6.07) is 11.8. The predicted octanol–water partition coefficient (Wildman–Crippen LogP) is 2.97. The molecule has 6 nitrogen and oxygen atoms in total. The molecule has 0 spiro atoms. The van der Waals surface area contributed by atoms with Crippen LogP contribution in [0.5, 0.6) is 17.2 Å². The fourth-order valence-corrected chi connectivity index (χ4v) is 2.13. The number of hydrogen-bond donors (Lipinski definition) is 3. The molecule has 0 aliphatic rings. The smallest absolute Gasteiger partial charge is 0.277 e. The van der Waals surface area contributed by atoms with Gasteiger partial charge in [0.05, 0.1) is 6.21 Å². The highest BCUT2D eigenvalue weighted by atomic mass is 16.5. The second kappa shape index (κ2) is 9.32. The van der Waals surface area contributed by atoms with Gasteiger partial charge in [-0.15, -0.1) is 0 Å². The number of phenols is 2. The van der Waals surface area contributed by atoms with E-state index in [1.54, 1.807) is 0 Å². The van der Waals surface area contributed by atoms with Crippen molar-refractivity contribution in [2.75, 3.05) is 6.61 Å². The van der Waals surface area contributed by atoms with E-state index in [0.717, 1.165) is 19.3 Å². The van der Waals surface area contributed by atoms with E-state index in [0.29, 0.717) is 11.3 Å². The molecule has 2 rings (SSSR count). The van der Waals surface area contributed by atoms with Crippen LogP contribution in [0.2, 0.25) is 0 Å². The second-order valence-corrected chi connectivity index (χ2v) is 5.57. The first-order chi connectivity index (χ1) is 12.1. The lowest BCUT2D eigenvalue weighted by Gasteiger charge is -2.06. The average molecular weight is 342 g/mol. The number of nitrogens with zero attached hydrogens (tertiary/aromatic N) is 1. The summed E-state index contributed by atoms with van der Waals surface area (Å²) in [7, 11) is 0. The Balaban J connectivity index is 1.77. The molecule has 0 saturated heterocycles. The molecular weight excluding hydrogens is 320 g/mol. The number of rotatable bonds is 8. The number of nitrogens with one attached hydrogen (secondary N) is 1. The molecule has 6 heteroatoms. The van der Waals surface area contributed by atoms with Crippen molar-refractivity contribution in [3.8, 4) is 17.2 Å². The molecule has 0 aliphatic carbocycles. The van der Waals surface area contributed by atoms with E-state index in [1.165, 1.54) is 30.0 Å². The minimum absolute atomic E-state index is 0.0483. The van der Waals surface area contributed by atoms with Gasteiger partial charge in [-0.2, -0.15) is 5.10 Å². The van der Waals surface area contributed by atoms with Crippen LogP contribution >= 0.6 is 0 Å². The van der Waals surface area contributed by atoms with Crippen LogP contribution in [0.3, 0.4) is 0 Å². The number of carbonyl (C=O) groups excluding carboxylic acids is 1. The lowest BCUT2D eigenvalue weighted by Crippen LogP contribution is -2.24. The number of aryl methyl sites for hydroxylation is 1. The zero-order valence-electron chi connectivity index (χ0n) is 14.1. The van der Waals surface area contributed by atoms with Gasteiger partial charge in [-0.25, -0.2) is 5.43 Å². The molecule has 25 heavy (non-hydrogen) atoms. The van der Waals surface area contributed by atoms with Crippen LogP contribution in [0.15, 0.2) is 47.6 Å². The van der Waals surface area contributed by atoms with Gasteiger partial charge in [0.25, 0.3) is 5.91 Å². The van der Waals surface area contributed by atoms with Crippen molar-refractivity contribution >= 4 is 12.1 Å². The van der Waals surface area contributed by atoms with Gasteiger partial charge in [-0.1, -0.05) is 25.5 Å². The minimum atomic E-state index is -0.412. The van der Waals surface area contributed by atoms with Crippen molar-refractivity contribution in [3.05, 3.63) is 53.6 Å². The van der Waals surface area contributed by atoms with E-state index in [2.05, 4.69) is 17.5 Å². The van der Waals surface area contributed by atoms with Gasteiger partial charge in [0, 0.05) is 11.6 Å². The van der Waals surface area contributed by atoms with Gasteiger partial charge in [-0.05, 0) is 42.7 Å². The Kier molecular flexibility index (Phi) is 6.83. The third-order valence-corrected chi connectivity index (χ3v) is 3.52. The Hall–Kier alpha value is -3.02. The first-order valence-corrected chi connectivity index (χ1v) is 8.14. The molecule has 0 atom stereocenters. The van der Waals surface area contributed by atoms with Crippen molar-refractivity contribution in [1.29, 1.82) is 0 Å². The Morgan fingerprint density at radius 2 is 1.96 bits per heavy atom. The van der Waals surface area contributed by atoms with Crippen molar-refractivity contribution in [2.24, 2.45) is 5.10 Å². The number of aromatic hydroxyl groups is 2. The van der Waals surface area contributed by atoms with E-state index in [1.807, 2.05) is 24.3 Å². The standard InChI is InChI=1S/C19H22N2O4/c1-2-3-4-14-5-9-17(10-6-14)25-13-19(24)21-20-12-15-7-8-16(22)11-18(15)23/h5-12,22-23H,2-4,13H2,1H3,(H,21,24). The zero-order chi connectivity index (χ0) is 18.1. The number of unbranched alkanes of at least 4 members (excludes halogenated alkanes) is 1. The summed E-state index contributed by atoms with van der Waals surface area (Å²) in [5.74, 6) is 0.0327. The molecule has 2 aromatic carbocycles.